The average molecular weight is 370 g/mol. The molecule has 2 aromatic carbocycles. The number of nitrogen functional groups attached to an aromatic ring is 1. The van der Waals surface area contributed by atoms with Crippen LogP contribution in [0.1, 0.15) is 0 Å². The third-order valence-corrected chi connectivity index (χ3v) is 5.38. The minimum Gasteiger partial charge on any atom is -0.393 e. The van der Waals surface area contributed by atoms with Gasteiger partial charge >= 0.3 is 0 Å². The number of para-hydroxylation sites is 3. The van der Waals surface area contributed by atoms with Crippen molar-refractivity contribution >= 4 is 39.4 Å². The lowest BCUT2D eigenvalue weighted by Crippen LogP contribution is -2.04. The number of nitrogens with two attached hydrogens (primary N) is 1. The summed E-state index contributed by atoms with van der Waals surface area (Å²) in [5.41, 5.74) is 9.72. The van der Waals surface area contributed by atoms with Gasteiger partial charge in [-0.05, 0) is 24.3 Å². The van der Waals surface area contributed by atoms with Gasteiger partial charge in [0.15, 0.2) is 5.82 Å². The Morgan fingerprint density at radius 1 is 0.852 bits per heavy atom. The van der Waals surface area contributed by atoms with Gasteiger partial charge in [0.25, 0.3) is 0 Å². The molecule has 0 amide bonds. The van der Waals surface area contributed by atoms with Crippen LogP contribution in [0.25, 0.3) is 27.8 Å². The highest BCUT2D eigenvalue weighted by Gasteiger charge is 2.15. The van der Waals surface area contributed by atoms with Crippen LogP contribution in [0.2, 0.25) is 0 Å². The number of nitrogens with zero attached hydrogens (tertiary/aromatic N) is 5. The van der Waals surface area contributed by atoms with E-state index in [1.807, 2.05) is 59.2 Å². The lowest BCUT2D eigenvalue weighted by molar-refractivity contribution is 0.960. The van der Waals surface area contributed by atoms with Gasteiger partial charge in [-0.3, -0.25) is 9.55 Å². The van der Waals surface area contributed by atoms with Crippen molar-refractivity contribution in [2.45, 2.75) is 9.92 Å². The third kappa shape index (κ3) is 2.69. The minimum absolute atomic E-state index is 0.513. The molecule has 6 nitrogen and oxygen atoms in total. The van der Waals surface area contributed by atoms with Crippen molar-refractivity contribution in [1.29, 1.82) is 0 Å². The van der Waals surface area contributed by atoms with Gasteiger partial charge in [-0.15, -0.1) is 0 Å². The normalized spacial score (nSPS) is 11.3. The highest BCUT2D eigenvalue weighted by atomic mass is 32.2. The summed E-state index contributed by atoms with van der Waals surface area (Å²) in [6.07, 6.45) is 5.05. The molecule has 0 aliphatic carbocycles. The monoisotopic (exact) mass is 370 g/mol. The fraction of sp³-hybridized carbons (Fsp3) is 0. The summed E-state index contributed by atoms with van der Waals surface area (Å²) in [4.78, 5) is 18.7. The molecule has 3 aromatic heterocycles. The van der Waals surface area contributed by atoms with E-state index in [2.05, 4.69) is 19.9 Å². The molecule has 0 spiro atoms. The molecule has 5 aromatic rings. The van der Waals surface area contributed by atoms with Crippen molar-refractivity contribution < 1.29 is 0 Å². The highest BCUT2D eigenvalue weighted by Crippen LogP contribution is 2.36. The molecule has 130 valence electrons. The second kappa shape index (κ2) is 6.37. The molecule has 0 bridgehead atoms. The van der Waals surface area contributed by atoms with Crippen LogP contribution in [0, 0.1) is 0 Å². The minimum atomic E-state index is 0.513. The van der Waals surface area contributed by atoms with E-state index in [9.17, 15) is 0 Å². The van der Waals surface area contributed by atoms with Crippen molar-refractivity contribution in [3.05, 3.63) is 73.4 Å². The van der Waals surface area contributed by atoms with Gasteiger partial charge in [0.1, 0.15) is 23.4 Å². The number of rotatable bonds is 3. The van der Waals surface area contributed by atoms with Crippen molar-refractivity contribution in [2.24, 2.45) is 0 Å². The Bertz CT molecular complexity index is 1270. The molecular formula is C20H14N6S. The largest absolute Gasteiger partial charge is 0.393 e. The van der Waals surface area contributed by atoms with Gasteiger partial charge in [0.2, 0.25) is 0 Å². The molecule has 5 rings (SSSR count). The summed E-state index contributed by atoms with van der Waals surface area (Å²) in [7, 11) is 0. The Morgan fingerprint density at radius 2 is 1.74 bits per heavy atom. The van der Waals surface area contributed by atoms with E-state index in [4.69, 9.17) is 5.73 Å². The van der Waals surface area contributed by atoms with Crippen molar-refractivity contribution in [3.63, 3.8) is 0 Å². The van der Waals surface area contributed by atoms with Gasteiger partial charge in [-0.25, -0.2) is 15.0 Å². The Morgan fingerprint density at radius 3 is 2.70 bits per heavy atom. The standard InChI is InChI=1S/C20H14N6S/c21-17-19(26-12-25-14-7-1-2-8-15(14)26)23-11-24-20(17)27-16-9-3-5-13-6-4-10-22-18(13)16/h1-12H,21H2. The molecule has 0 unspecified atom stereocenters. The molecule has 0 radical (unpaired) electrons. The Labute approximate surface area is 159 Å². The predicted molar refractivity (Wildman–Crippen MR) is 107 cm³/mol. The third-order valence-electron chi connectivity index (χ3n) is 4.31. The predicted octanol–water partition coefficient (Wildman–Crippen LogP) is 4.10. The summed E-state index contributed by atoms with van der Waals surface area (Å²) in [5, 5.41) is 1.77. The van der Waals surface area contributed by atoms with Crippen LogP contribution < -0.4 is 5.73 Å². The Hall–Kier alpha value is -3.45. The summed E-state index contributed by atoms with van der Waals surface area (Å²) < 4.78 is 1.89. The molecule has 0 saturated carbocycles. The van der Waals surface area contributed by atoms with E-state index in [0.29, 0.717) is 16.5 Å². The van der Waals surface area contributed by atoms with E-state index in [0.717, 1.165) is 26.8 Å². The molecule has 7 heteroatoms. The van der Waals surface area contributed by atoms with Crippen LogP contribution in [-0.2, 0) is 0 Å². The molecule has 0 aliphatic heterocycles. The summed E-state index contributed by atoms with van der Waals surface area (Å²) in [6.45, 7) is 0. The first-order valence-corrected chi connectivity index (χ1v) is 9.17. The average Bonchev–Trinajstić information content (AvgIpc) is 3.14. The van der Waals surface area contributed by atoms with E-state index in [-0.39, 0.29) is 0 Å². The molecule has 0 saturated heterocycles. The molecule has 0 atom stereocenters. The highest BCUT2D eigenvalue weighted by molar-refractivity contribution is 7.99. The van der Waals surface area contributed by atoms with E-state index >= 15 is 0 Å². The summed E-state index contributed by atoms with van der Waals surface area (Å²) in [6, 6.07) is 17.9. The Kier molecular flexibility index (Phi) is 3.72. The first-order valence-electron chi connectivity index (χ1n) is 8.36. The smallest absolute Gasteiger partial charge is 0.166 e. The van der Waals surface area contributed by atoms with Gasteiger partial charge in [0.05, 0.1) is 16.6 Å². The fourth-order valence-electron chi connectivity index (χ4n) is 3.03. The zero-order chi connectivity index (χ0) is 18.2. The number of hydrogen-bond donors (Lipinski definition) is 1. The van der Waals surface area contributed by atoms with Crippen LogP contribution in [0.5, 0.6) is 0 Å². The number of pyridine rings is 1. The van der Waals surface area contributed by atoms with Gasteiger partial charge < -0.3 is 5.73 Å². The van der Waals surface area contributed by atoms with Crippen molar-refractivity contribution in [1.82, 2.24) is 24.5 Å². The van der Waals surface area contributed by atoms with Gasteiger partial charge in [-0.2, -0.15) is 0 Å². The van der Waals surface area contributed by atoms with Crippen molar-refractivity contribution in [2.75, 3.05) is 5.73 Å². The lowest BCUT2D eigenvalue weighted by atomic mass is 10.2. The number of anilines is 1. The molecule has 27 heavy (non-hydrogen) atoms. The second-order valence-corrected chi connectivity index (χ2v) is 6.98. The fourth-order valence-corrected chi connectivity index (χ4v) is 3.96. The maximum Gasteiger partial charge on any atom is 0.166 e. The lowest BCUT2D eigenvalue weighted by Gasteiger charge is -2.11. The maximum atomic E-state index is 6.44. The number of hydrogen-bond acceptors (Lipinski definition) is 6. The zero-order valence-electron chi connectivity index (χ0n) is 14.1. The molecule has 3 heterocycles. The topological polar surface area (TPSA) is 82.5 Å². The molecule has 0 fully saturated rings. The number of aromatic nitrogens is 5. The SMILES string of the molecule is Nc1c(Sc2cccc3cccnc23)ncnc1-n1cnc2ccccc21. The van der Waals surface area contributed by atoms with E-state index in [1.54, 1.807) is 12.5 Å². The zero-order valence-corrected chi connectivity index (χ0v) is 15.0. The molecular weight excluding hydrogens is 356 g/mol. The van der Waals surface area contributed by atoms with Crippen molar-refractivity contribution in [3.8, 4) is 5.82 Å². The van der Waals surface area contributed by atoms with Crippen LogP contribution >= 0.6 is 11.8 Å². The first-order chi connectivity index (χ1) is 13.3. The number of fused-ring (bicyclic) bond motifs is 2. The summed E-state index contributed by atoms with van der Waals surface area (Å²) in [5.74, 6) is 0.620. The molecule has 0 aliphatic rings. The first kappa shape index (κ1) is 15.8. The Balaban J connectivity index is 1.61. The van der Waals surface area contributed by atoms with Gasteiger partial charge in [0, 0.05) is 16.5 Å². The van der Waals surface area contributed by atoms with Crippen LogP contribution in [0.3, 0.4) is 0 Å². The summed E-state index contributed by atoms with van der Waals surface area (Å²) >= 11 is 1.49. The van der Waals surface area contributed by atoms with Crippen LogP contribution in [0.15, 0.2) is 83.4 Å². The van der Waals surface area contributed by atoms with E-state index < -0.39 is 0 Å². The molecule has 2 N–H and O–H groups in total. The van der Waals surface area contributed by atoms with Crippen LogP contribution in [-0.4, -0.2) is 24.5 Å². The van der Waals surface area contributed by atoms with Crippen LogP contribution in [0.4, 0.5) is 5.69 Å². The maximum absolute atomic E-state index is 6.44. The van der Waals surface area contributed by atoms with Gasteiger partial charge in [-0.1, -0.05) is 42.1 Å². The second-order valence-electron chi connectivity index (χ2n) is 5.95. The quantitative estimate of drug-likeness (QED) is 0.482. The van der Waals surface area contributed by atoms with E-state index in [1.165, 1.54) is 18.1 Å². The number of imidazole rings is 1. The number of benzene rings is 2.